The molecule has 0 atom stereocenters. The van der Waals surface area contributed by atoms with Crippen molar-refractivity contribution in [1.29, 1.82) is 0 Å². The van der Waals surface area contributed by atoms with E-state index in [4.69, 9.17) is 16.3 Å². The van der Waals surface area contributed by atoms with E-state index in [1.807, 2.05) is 24.3 Å². The van der Waals surface area contributed by atoms with E-state index < -0.39 is 11.6 Å². The number of aromatic nitrogens is 4. The topological polar surface area (TPSA) is 84.9 Å². The average molecular weight is 505 g/mol. The first-order valence-corrected chi connectivity index (χ1v) is 11.3. The molecule has 0 unspecified atom stereocenters. The number of ether oxygens (including phenoxy) is 1. The van der Waals surface area contributed by atoms with E-state index in [2.05, 4.69) is 30.6 Å². The molecule has 2 N–H and O–H groups in total. The molecule has 0 aliphatic rings. The maximum absolute atomic E-state index is 14.7. The van der Waals surface area contributed by atoms with Gasteiger partial charge in [-0.2, -0.15) is 0 Å². The summed E-state index contributed by atoms with van der Waals surface area (Å²) in [5.41, 5.74) is 1.57. The monoisotopic (exact) mass is 504 g/mol. The molecule has 0 saturated heterocycles. The minimum absolute atomic E-state index is 0.0549. The summed E-state index contributed by atoms with van der Waals surface area (Å²) < 4.78 is 34.2. The molecule has 3 heterocycles. The van der Waals surface area contributed by atoms with Gasteiger partial charge in [0.25, 0.3) is 0 Å². The summed E-state index contributed by atoms with van der Waals surface area (Å²) in [4.78, 5) is 17.3. The summed E-state index contributed by atoms with van der Waals surface area (Å²) in [6, 6.07) is 16.7. The first-order chi connectivity index (χ1) is 17.5. The van der Waals surface area contributed by atoms with Gasteiger partial charge in [-0.25, -0.2) is 23.7 Å². The number of benzene rings is 2. The Morgan fingerprint density at radius 2 is 1.75 bits per heavy atom. The third-order valence-corrected chi connectivity index (χ3v) is 5.62. The molecule has 0 bridgehead atoms. The fraction of sp³-hybridized carbons (Fsp3) is 0.0769. The smallest absolute Gasteiger partial charge is 0.167 e. The van der Waals surface area contributed by atoms with Gasteiger partial charge in [0, 0.05) is 17.8 Å². The van der Waals surface area contributed by atoms with Gasteiger partial charge >= 0.3 is 0 Å². The molecule has 0 spiro atoms. The second kappa shape index (κ2) is 10.1. The molecule has 180 valence electrons. The Morgan fingerprint density at radius 1 is 0.917 bits per heavy atom. The number of anilines is 3. The highest BCUT2D eigenvalue weighted by molar-refractivity contribution is 6.30. The largest absolute Gasteiger partial charge is 0.497 e. The molecular formula is C26H19ClF2N6O. The number of methoxy groups -OCH3 is 1. The van der Waals surface area contributed by atoms with Crippen LogP contribution in [0.1, 0.15) is 5.56 Å². The van der Waals surface area contributed by atoms with Crippen LogP contribution in [0.3, 0.4) is 0 Å². The highest BCUT2D eigenvalue weighted by Crippen LogP contribution is 2.30. The number of hydrogen-bond donors (Lipinski definition) is 2. The van der Waals surface area contributed by atoms with Crippen molar-refractivity contribution in [3.05, 3.63) is 95.3 Å². The molecule has 5 aromatic rings. The Hall–Kier alpha value is -4.37. The van der Waals surface area contributed by atoms with Gasteiger partial charge in [-0.15, -0.1) is 0 Å². The van der Waals surface area contributed by atoms with Crippen LogP contribution >= 0.6 is 11.6 Å². The van der Waals surface area contributed by atoms with Crippen molar-refractivity contribution >= 4 is 40.0 Å². The molecule has 0 aliphatic heterocycles. The number of hydrogen-bond acceptors (Lipinski definition) is 7. The lowest BCUT2D eigenvalue weighted by Crippen LogP contribution is -2.05. The lowest BCUT2D eigenvalue weighted by Gasteiger charge is -2.13. The number of rotatable bonds is 7. The van der Waals surface area contributed by atoms with Crippen molar-refractivity contribution in [2.45, 2.75) is 6.54 Å². The van der Waals surface area contributed by atoms with Crippen LogP contribution in [0.4, 0.5) is 26.1 Å². The molecule has 36 heavy (non-hydrogen) atoms. The molecular weight excluding hydrogens is 486 g/mol. The summed E-state index contributed by atoms with van der Waals surface area (Å²) in [5, 5.41) is 7.05. The third-order valence-electron chi connectivity index (χ3n) is 5.39. The maximum Gasteiger partial charge on any atom is 0.167 e. The number of pyridine rings is 2. The van der Waals surface area contributed by atoms with E-state index in [0.29, 0.717) is 22.8 Å². The molecule has 0 aliphatic carbocycles. The zero-order valence-corrected chi connectivity index (χ0v) is 19.7. The van der Waals surface area contributed by atoms with E-state index in [1.54, 1.807) is 19.2 Å². The fourth-order valence-electron chi connectivity index (χ4n) is 3.53. The van der Waals surface area contributed by atoms with Gasteiger partial charge < -0.3 is 15.4 Å². The highest BCUT2D eigenvalue weighted by Gasteiger charge is 2.16. The Balaban J connectivity index is 1.55. The molecule has 0 saturated carbocycles. The Bertz CT molecular complexity index is 1550. The van der Waals surface area contributed by atoms with Crippen LogP contribution in [0.2, 0.25) is 5.02 Å². The van der Waals surface area contributed by atoms with Gasteiger partial charge in [0.05, 0.1) is 29.9 Å². The average Bonchev–Trinajstić information content (AvgIpc) is 2.90. The minimum atomic E-state index is -0.564. The van der Waals surface area contributed by atoms with Crippen LogP contribution in [0.5, 0.6) is 5.75 Å². The van der Waals surface area contributed by atoms with Crippen molar-refractivity contribution in [3.63, 3.8) is 0 Å². The zero-order chi connectivity index (χ0) is 25.1. The molecule has 10 heteroatoms. The molecule has 5 rings (SSSR count). The summed E-state index contributed by atoms with van der Waals surface area (Å²) in [6.07, 6.45) is 2.54. The van der Waals surface area contributed by atoms with Crippen LogP contribution in [-0.4, -0.2) is 27.0 Å². The van der Waals surface area contributed by atoms with Crippen LogP contribution in [0.15, 0.2) is 73.1 Å². The maximum atomic E-state index is 14.7. The van der Waals surface area contributed by atoms with Gasteiger partial charge in [-0.1, -0.05) is 23.7 Å². The Kier molecular flexibility index (Phi) is 6.55. The molecule has 3 aromatic heterocycles. The summed E-state index contributed by atoms with van der Waals surface area (Å²) in [7, 11) is 1.61. The molecule has 7 nitrogen and oxygen atoms in total. The zero-order valence-electron chi connectivity index (χ0n) is 19.0. The van der Waals surface area contributed by atoms with Crippen molar-refractivity contribution in [1.82, 2.24) is 19.9 Å². The van der Waals surface area contributed by atoms with Crippen LogP contribution in [-0.2, 0) is 6.54 Å². The third kappa shape index (κ3) is 5.01. The Labute approximate surface area is 210 Å². The first-order valence-electron chi connectivity index (χ1n) is 10.9. The van der Waals surface area contributed by atoms with Gasteiger partial charge in [0.1, 0.15) is 23.2 Å². The summed E-state index contributed by atoms with van der Waals surface area (Å²) in [6.45, 7) is 0.511. The van der Waals surface area contributed by atoms with E-state index in [-0.39, 0.29) is 28.5 Å². The van der Waals surface area contributed by atoms with Crippen molar-refractivity contribution in [3.8, 4) is 17.1 Å². The Morgan fingerprint density at radius 3 is 2.53 bits per heavy atom. The van der Waals surface area contributed by atoms with Gasteiger partial charge in [-0.05, 0) is 54.1 Å². The fourth-order valence-corrected chi connectivity index (χ4v) is 3.71. The van der Waals surface area contributed by atoms with Gasteiger partial charge in [0.2, 0.25) is 0 Å². The second-order valence-electron chi connectivity index (χ2n) is 7.77. The molecule has 0 radical (unpaired) electrons. The summed E-state index contributed by atoms with van der Waals surface area (Å²) >= 11 is 6.09. The molecule has 2 aromatic carbocycles. The first kappa shape index (κ1) is 23.4. The van der Waals surface area contributed by atoms with Gasteiger partial charge in [0.15, 0.2) is 17.3 Å². The number of nitrogens with one attached hydrogen (secondary N) is 2. The van der Waals surface area contributed by atoms with E-state index >= 15 is 0 Å². The lowest BCUT2D eigenvalue weighted by atomic mass is 10.2. The van der Waals surface area contributed by atoms with Crippen molar-refractivity contribution in [2.24, 2.45) is 0 Å². The van der Waals surface area contributed by atoms with Crippen LogP contribution < -0.4 is 15.4 Å². The number of fused-ring (bicyclic) bond motifs is 1. The summed E-state index contributed by atoms with van der Waals surface area (Å²) in [5.74, 6) is 0.522. The van der Waals surface area contributed by atoms with Gasteiger partial charge in [-0.3, -0.25) is 4.98 Å². The number of nitrogens with zero attached hydrogens (tertiary/aromatic N) is 4. The van der Waals surface area contributed by atoms with Crippen LogP contribution in [0.25, 0.3) is 22.4 Å². The van der Waals surface area contributed by atoms with Crippen molar-refractivity contribution in [2.75, 3.05) is 17.7 Å². The predicted molar refractivity (Wildman–Crippen MR) is 136 cm³/mol. The quantitative estimate of drug-likeness (QED) is 0.266. The molecule has 0 amide bonds. The van der Waals surface area contributed by atoms with Crippen molar-refractivity contribution < 1.29 is 13.5 Å². The molecule has 0 fully saturated rings. The second-order valence-corrected chi connectivity index (χ2v) is 8.21. The predicted octanol–water partition coefficient (Wildman–Crippen LogP) is 6.38. The minimum Gasteiger partial charge on any atom is -0.497 e. The highest BCUT2D eigenvalue weighted by atomic mass is 35.5. The SMILES string of the molecule is COc1ccc(CNc2ccc3c(Nc4ccncc4F)nc(-c4cc(Cl)ccc4F)nc3n2)cc1. The number of halogens is 3. The standard InChI is InChI=1S/C26H19ClF2N6O/c1-36-17-5-2-15(3-6-17)13-31-23-9-7-18-24(32-22-10-11-30-14-21(22)29)34-26(35-25(18)33-23)19-12-16(27)4-8-20(19)28/h2-12,14H,13H2,1H3,(H2,30,31,32,33,34,35). The van der Waals surface area contributed by atoms with E-state index in [0.717, 1.165) is 17.5 Å². The lowest BCUT2D eigenvalue weighted by molar-refractivity contribution is 0.414. The van der Waals surface area contributed by atoms with E-state index in [1.165, 1.54) is 30.5 Å². The van der Waals surface area contributed by atoms with E-state index in [9.17, 15) is 8.78 Å². The van der Waals surface area contributed by atoms with Crippen LogP contribution in [0, 0.1) is 11.6 Å². The normalized spacial score (nSPS) is 10.9.